The molecular formula is C15H20BrN3O. The highest BCUT2D eigenvalue weighted by molar-refractivity contribution is 9.10. The summed E-state index contributed by atoms with van der Waals surface area (Å²) in [5, 5.41) is 7.44. The van der Waals surface area contributed by atoms with Gasteiger partial charge in [0.1, 0.15) is 0 Å². The van der Waals surface area contributed by atoms with Gasteiger partial charge >= 0.3 is 0 Å². The molecule has 0 fully saturated rings. The Hall–Kier alpha value is -1.20. The third-order valence-electron chi connectivity index (χ3n) is 2.81. The molecule has 0 aliphatic rings. The van der Waals surface area contributed by atoms with E-state index in [0.717, 1.165) is 28.8 Å². The predicted octanol–water partition coefficient (Wildman–Crippen LogP) is 3.35. The van der Waals surface area contributed by atoms with Crippen LogP contribution in [0.5, 0.6) is 0 Å². The van der Waals surface area contributed by atoms with Crippen LogP contribution in [0.25, 0.3) is 0 Å². The second kappa shape index (κ2) is 6.50. The van der Waals surface area contributed by atoms with Crippen molar-refractivity contribution < 1.29 is 4.52 Å². The lowest BCUT2D eigenvalue weighted by atomic mass is 10.1. The molecule has 0 aliphatic heterocycles. The van der Waals surface area contributed by atoms with Gasteiger partial charge in [0.25, 0.3) is 0 Å². The quantitative estimate of drug-likeness (QED) is 0.908. The Bertz CT molecular complexity index is 560. The van der Waals surface area contributed by atoms with Crippen LogP contribution in [0.3, 0.4) is 0 Å². The summed E-state index contributed by atoms with van der Waals surface area (Å²) >= 11 is 3.53. The third kappa shape index (κ3) is 4.72. The van der Waals surface area contributed by atoms with E-state index in [1.807, 2.05) is 18.2 Å². The molecule has 0 unspecified atom stereocenters. The second-order valence-electron chi connectivity index (χ2n) is 5.80. The maximum Gasteiger partial charge on any atom is 0.227 e. The molecule has 0 saturated carbocycles. The van der Waals surface area contributed by atoms with Gasteiger partial charge < -0.3 is 9.84 Å². The normalized spacial score (nSPS) is 11.8. The maximum atomic E-state index is 5.28. The summed E-state index contributed by atoms with van der Waals surface area (Å²) in [6, 6.07) is 8.08. The molecule has 5 heteroatoms. The lowest BCUT2D eigenvalue weighted by Gasteiger charge is -2.19. The van der Waals surface area contributed by atoms with Gasteiger partial charge in [-0.05, 0) is 32.4 Å². The van der Waals surface area contributed by atoms with Crippen LogP contribution in [-0.4, -0.2) is 22.2 Å². The fourth-order valence-corrected chi connectivity index (χ4v) is 2.24. The number of hydrogen-bond acceptors (Lipinski definition) is 4. The zero-order chi connectivity index (χ0) is 14.6. The van der Waals surface area contributed by atoms with E-state index in [4.69, 9.17) is 4.52 Å². The van der Waals surface area contributed by atoms with Crippen LogP contribution in [0.2, 0.25) is 0 Å². The SMILES string of the molecule is CC(C)(C)NCCc1nc(Cc2ccccc2Br)no1. The van der Waals surface area contributed by atoms with Gasteiger partial charge in [-0.3, -0.25) is 0 Å². The van der Waals surface area contributed by atoms with Crippen LogP contribution in [0, 0.1) is 0 Å². The first-order valence-corrected chi connectivity index (χ1v) is 7.53. The molecule has 2 aromatic rings. The molecule has 0 aliphatic carbocycles. The van der Waals surface area contributed by atoms with Crippen LogP contribution in [0.15, 0.2) is 33.3 Å². The van der Waals surface area contributed by atoms with Crippen LogP contribution in [0.1, 0.15) is 38.0 Å². The molecule has 2 rings (SSSR count). The Balaban J connectivity index is 1.91. The first-order chi connectivity index (χ1) is 9.44. The minimum Gasteiger partial charge on any atom is -0.339 e. The summed E-state index contributed by atoms with van der Waals surface area (Å²) in [7, 11) is 0. The minimum absolute atomic E-state index is 0.109. The number of hydrogen-bond donors (Lipinski definition) is 1. The van der Waals surface area contributed by atoms with E-state index in [1.165, 1.54) is 0 Å². The van der Waals surface area contributed by atoms with Gasteiger partial charge in [0.2, 0.25) is 5.89 Å². The van der Waals surface area contributed by atoms with E-state index in [9.17, 15) is 0 Å². The number of aromatic nitrogens is 2. The van der Waals surface area contributed by atoms with Crippen LogP contribution in [-0.2, 0) is 12.8 Å². The molecule has 0 spiro atoms. The lowest BCUT2D eigenvalue weighted by Crippen LogP contribution is -2.37. The van der Waals surface area contributed by atoms with Crippen molar-refractivity contribution in [3.63, 3.8) is 0 Å². The second-order valence-corrected chi connectivity index (χ2v) is 6.65. The number of benzene rings is 1. The average molecular weight is 338 g/mol. The smallest absolute Gasteiger partial charge is 0.227 e. The van der Waals surface area contributed by atoms with Crippen molar-refractivity contribution in [3.8, 4) is 0 Å². The van der Waals surface area contributed by atoms with Crippen LogP contribution >= 0.6 is 15.9 Å². The summed E-state index contributed by atoms with van der Waals surface area (Å²) in [6.45, 7) is 7.25. The molecule has 108 valence electrons. The Labute approximate surface area is 128 Å². The van der Waals surface area contributed by atoms with Gasteiger partial charge in [0, 0.05) is 29.4 Å². The van der Waals surface area contributed by atoms with E-state index in [0.29, 0.717) is 12.3 Å². The van der Waals surface area contributed by atoms with E-state index in [-0.39, 0.29) is 5.54 Å². The first kappa shape index (κ1) is 15.2. The van der Waals surface area contributed by atoms with Crippen molar-refractivity contribution in [2.45, 2.75) is 39.2 Å². The number of rotatable bonds is 5. The average Bonchev–Trinajstić information content (AvgIpc) is 2.78. The Kier molecular flexibility index (Phi) is 4.94. The maximum absolute atomic E-state index is 5.28. The minimum atomic E-state index is 0.109. The molecule has 1 heterocycles. The monoisotopic (exact) mass is 337 g/mol. The summed E-state index contributed by atoms with van der Waals surface area (Å²) in [6.07, 6.45) is 1.43. The van der Waals surface area contributed by atoms with Crippen molar-refractivity contribution in [2.24, 2.45) is 0 Å². The molecule has 1 N–H and O–H groups in total. The Morgan fingerprint density at radius 3 is 2.70 bits per heavy atom. The van der Waals surface area contributed by atoms with Crippen molar-refractivity contribution in [1.29, 1.82) is 0 Å². The topological polar surface area (TPSA) is 51.0 Å². The largest absolute Gasteiger partial charge is 0.339 e. The van der Waals surface area contributed by atoms with Crippen molar-refractivity contribution in [1.82, 2.24) is 15.5 Å². The van der Waals surface area contributed by atoms with Crippen molar-refractivity contribution in [2.75, 3.05) is 6.54 Å². The van der Waals surface area contributed by atoms with E-state index >= 15 is 0 Å². The summed E-state index contributed by atoms with van der Waals surface area (Å²) in [5.41, 5.74) is 1.27. The first-order valence-electron chi connectivity index (χ1n) is 6.74. The molecule has 0 radical (unpaired) electrons. The molecule has 4 nitrogen and oxygen atoms in total. The van der Waals surface area contributed by atoms with Gasteiger partial charge in [-0.15, -0.1) is 0 Å². The molecule has 0 bridgehead atoms. The number of halogens is 1. The van der Waals surface area contributed by atoms with E-state index in [2.05, 4.69) is 58.2 Å². The van der Waals surface area contributed by atoms with Crippen LogP contribution < -0.4 is 5.32 Å². The van der Waals surface area contributed by atoms with Gasteiger partial charge in [-0.25, -0.2) is 0 Å². The number of nitrogens with one attached hydrogen (secondary N) is 1. The molecule has 0 atom stereocenters. The zero-order valence-electron chi connectivity index (χ0n) is 12.1. The molecule has 0 amide bonds. The van der Waals surface area contributed by atoms with Gasteiger partial charge in [0.05, 0.1) is 0 Å². The zero-order valence-corrected chi connectivity index (χ0v) is 13.7. The fraction of sp³-hybridized carbons (Fsp3) is 0.467. The van der Waals surface area contributed by atoms with Gasteiger partial charge in [0.15, 0.2) is 5.82 Å². The fourth-order valence-electron chi connectivity index (χ4n) is 1.82. The highest BCUT2D eigenvalue weighted by Gasteiger charge is 2.11. The molecular weight excluding hydrogens is 318 g/mol. The summed E-state index contributed by atoms with van der Waals surface area (Å²) in [5.74, 6) is 1.41. The summed E-state index contributed by atoms with van der Waals surface area (Å²) < 4.78 is 6.35. The molecule has 1 aromatic heterocycles. The van der Waals surface area contributed by atoms with Gasteiger partial charge in [-0.1, -0.05) is 39.3 Å². The number of nitrogens with zero attached hydrogens (tertiary/aromatic N) is 2. The Morgan fingerprint density at radius 1 is 1.25 bits per heavy atom. The van der Waals surface area contributed by atoms with E-state index in [1.54, 1.807) is 0 Å². The Morgan fingerprint density at radius 2 is 2.00 bits per heavy atom. The molecule has 0 saturated heterocycles. The highest BCUT2D eigenvalue weighted by atomic mass is 79.9. The third-order valence-corrected chi connectivity index (χ3v) is 3.58. The predicted molar refractivity (Wildman–Crippen MR) is 82.7 cm³/mol. The standard InChI is InChI=1S/C15H20BrN3O/c1-15(2,3)17-9-8-14-18-13(19-20-14)10-11-6-4-5-7-12(11)16/h4-7,17H,8-10H2,1-3H3. The van der Waals surface area contributed by atoms with Crippen molar-refractivity contribution in [3.05, 3.63) is 46.0 Å². The molecule has 20 heavy (non-hydrogen) atoms. The summed E-state index contributed by atoms with van der Waals surface area (Å²) in [4.78, 5) is 4.43. The highest BCUT2D eigenvalue weighted by Crippen LogP contribution is 2.18. The lowest BCUT2D eigenvalue weighted by molar-refractivity contribution is 0.359. The van der Waals surface area contributed by atoms with Gasteiger partial charge in [-0.2, -0.15) is 4.98 Å². The van der Waals surface area contributed by atoms with Crippen molar-refractivity contribution >= 4 is 15.9 Å². The van der Waals surface area contributed by atoms with E-state index < -0.39 is 0 Å². The van der Waals surface area contributed by atoms with Crippen LogP contribution in [0.4, 0.5) is 0 Å². The molecule has 1 aromatic carbocycles.